The summed E-state index contributed by atoms with van der Waals surface area (Å²) in [6, 6.07) is 6.27. The Morgan fingerprint density at radius 1 is 1.28 bits per heavy atom. The molecule has 1 aromatic carbocycles. The lowest BCUT2D eigenvalue weighted by Crippen LogP contribution is -2.31. The molecule has 0 spiro atoms. The molecule has 6 heteroatoms. The molecule has 1 N–H and O–H groups in total. The van der Waals surface area contributed by atoms with Crippen LogP contribution in [0.25, 0.3) is 0 Å². The van der Waals surface area contributed by atoms with E-state index in [0.29, 0.717) is 0 Å². The smallest absolute Gasteiger partial charge is 0.333 e. The zero-order valence-corrected chi connectivity index (χ0v) is 9.15. The van der Waals surface area contributed by atoms with Gasteiger partial charge in [0.05, 0.1) is 0 Å². The van der Waals surface area contributed by atoms with Gasteiger partial charge in [0.1, 0.15) is 5.82 Å². The molecule has 0 saturated carbocycles. The number of carbonyl (C=O) groups is 1. The van der Waals surface area contributed by atoms with Gasteiger partial charge in [-0.05, 0) is 23.8 Å². The molecule has 0 aliphatic heterocycles. The van der Waals surface area contributed by atoms with Crippen LogP contribution >= 0.6 is 0 Å². The third-order valence-corrected chi connectivity index (χ3v) is 2.41. The minimum atomic E-state index is -1.26. The number of aliphatic carboxylic acids is 1. The van der Waals surface area contributed by atoms with E-state index in [4.69, 9.17) is 0 Å². The van der Waals surface area contributed by atoms with Gasteiger partial charge in [-0.2, -0.15) is 5.10 Å². The molecule has 0 aliphatic carbocycles. The molecule has 0 saturated heterocycles. The van der Waals surface area contributed by atoms with E-state index >= 15 is 0 Å². The lowest BCUT2D eigenvalue weighted by molar-refractivity contribution is -0.139. The SMILES string of the molecule is O=C(O)C(c1ccc(F)cc1)n1ncccc1=O. The van der Waals surface area contributed by atoms with Gasteiger partial charge in [0, 0.05) is 12.3 Å². The number of hydrogen-bond acceptors (Lipinski definition) is 3. The molecule has 92 valence electrons. The fourth-order valence-corrected chi connectivity index (χ4v) is 1.60. The van der Waals surface area contributed by atoms with Crippen LogP contribution in [0.5, 0.6) is 0 Å². The first kappa shape index (κ1) is 12.0. The van der Waals surface area contributed by atoms with Crippen LogP contribution in [-0.2, 0) is 4.79 Å². The molecule has 1 heterocycles. The molecule has 1 atom stereocenters. The summed E-state index contributed by atoms with van der Waals surface area (Å²) in [6.45, 7) is 0. The summed E-state index contributed by atoms with van der Waals surface area (Å²) in [6.07, 6.45) is 1.32. The van der Waals surface area contributed by atoms with Gasteiger partial charge < -0.3 is 5.11 Å². The molecule has 5 nitrogen and oxygen atoms in total. The van der Waals surface area contributed by atoms with Crippen molar-refractivity contribution in [3.63, 3.8) is 0 Å². The van der Waals surface area contributed by atoms with Gasteiger partial charge in [-0.25, -0.2) is 13.9 Å². The fourth-order valence-electron chi connectivity index (χ4n) is 1.60. The summed E-state index contributed by atoms with van der Waals surface area (Å²) < 4.78 is 13.6. The van der Waals surface area contributed by atoms with Crippen LogP contribution in [-0.4, -0.2) is 20.9 Å². The molecule has 1 aromatic heterocycles. The summed E-state index contributed by atoms with van der Waals surface area (Å²) in [5.74, 6) is -1.71. The van der Waals surface area contributed by atoms with Crippen molar-refractivity contribution in [2.75, 3.05) is 0 Å². The minimum Gasteiger partial charge on any atom is -0.479 e. The van der Waals surface area contributed by atoms with Crippen LogP contribution < -0.4 is 5.56 Å². The monoisotopic (exact) mass is 248 g/mol. The van der Waals surface area contributed by atoms with Crippen molar-refractivity contribution in [1.29, 1.82) is 0 Å². The van der Waals surface area contributed by atoms with Gasteiger partial charge in [0.2, 0.25) is 0 Å². The highest BCUT2D eigenvalue weighted by atomic mass is 19.1. The third kappa shape index (κ3) is 2.27. The Morgan fingerprint density at radius 3 is 2.50 bits per heavy atom. The van der Waals surface area contributed by atoms with Crippen molar-refractivity contribution in [2.45, 2.75) is 6.04 Å². The van der Waals surface area contributed by atoms with E-state index in [0.717, 1.165) is 16.8 Å². The molecule has 0 aliphatic rings. The van der Waals surface area contributed by atoms with E-state index in [1.807, 2.05) is 0 Å². The van der Waals surface area contributed by atoms with E-state index in [1.54, 1.807) is 0 Å². The van der Waals surface area contributed by atoms with Gasteiger partial charge in [-0.3, -0.25) is 4.79 Å². The summed E-state index contributed by atoms with van der Waals surface area (Å²) in [5.41, 5.74) is -0.251. The Bertz CT molecular complexity index is 622. The highest BCUT2D eigenvalue weighted by Crippen LogP contribution is 2.16. The first-order chi connectivity index (χ1) is 8.59. The maximum atomic E-state index is 12.8. The lowest BCUT2D eigenvalue weighted by atomic mass is 10.1. The minimum absolute atomic E-state index is 0.282. The van der Waals surface area contributed by atoms with Crippen LogP contribution in [0.15, 0.2) is 47.4 Å². The predicted octanol–water partition coefficient (Wildman–Crippen LogP) is 1.06. The third-order valence-electron chi connectivity index (χ3n) is 2.41. The summed E-state index contributed by atoms with van der Waals surface area (Å²) in [4.78, 5) is 22.8. The zero-order chi connectivity index (χ0) is 13.1. The van der Waals surface area contributed by atoms with Gasteiger partial charge in [0.15, 0.2) is 6.04 Å². The molecular weight excluding hydrogens is 239 g/mol. The van der Waals surface area contributed by atoms with Crippen molar-refractivity contribution >= 4 is 5.97 Å². The van der Waals surface area contributed by atoms with E-state index < -0.39 is 23.4 Å². The van der Waals surface area contributed by atoms with E-state index in [-0.39, 0.29) is 5.56 Å². The average Bonchev–Trinajstić information content (AvgIpc) is 2.34. The second kappa shape index (κ2) is 4.79. The maximum Gasteiger partial charge on any atom is 0.333 e. The van der Waals surface area contributed by atoms with Gasteiger partial charge in [-0.15, -0.1) is 0 Å². The Balaban J connectivity index is 2.54. The van der Waals surface area contributed by atoms with E-state index in [9.17, 15) is 19.1 Å². The second-order valence-corrected chi connectivity index (χ2v) is 3.60. The Kier molecular flexibility index (Phi) is 3.18. The number of aromatic nitrogens is 2. The number of nitrogens with zero attached hydrogens (tertiary/aromatic N) is 2. The summed E-state index contributed by atoms with van der Waals surface area (Å²) in [5, 5.41) is 12.9. The van der Waals surface area contributed by atoms with Crippen LogP contribution in [0.1, 0.15) is 11.6 Å². The molecule has 0 amide bonds. The molecule has 0 bridgehead atoms. The molecule has 0 fully saturated rings. The first-order valence-electron chi connectivity index (χ1n) is 5.11. The van der Waals surface area contributed by atoms with Gasteiger partial charge in [0.25, 0.3) is 5.56 Å². The Hall–Kier alpha value is -2.50. The Morgan fingerprint density at radius 2 is 1.94 bits per heavy atom. The fraction of sp³-hybridized carbons (Fsp3) is 0.0833. The lowest BCUT2D eigenvalue weighted by Gasteiger charge is -2.14. The number of halogens is 1. The van der Waals surface area contributed by atoms with Crippen LogP contribution in [0, 0.1) is 5.82 Å². The first-order valence-corrected chi connectivity index (χ1v) is 5.11. The molecule has 2 rings (SSSR count). The van der Waals surface area contributed by atoms with Crippen LogP contribution in [0.4, 0.5) is 4.39 Å². The number of benzene rings is 1. The largest absolute Gasteiger partial charge is 0.479 e. The van der Waals surface area contributed by atoms with Crippen molar-refractivity contribution in [1.82, 2.24) is 9.78 Å². The van der Waals surface area contributed by atoms with Gasteiger partial charge in [-0.1, -0.05) is 12.1 Å². The number of hydrogen-bond donors (Lipinski definition) is 1. The number of rotatable bonds is 3. The maximum absolute atomic E-state index is 12.8. The number of carboxylic acids is 1. The normalized spacial score (nSPS) is 12.1. The Labute approximate surface area is 101 Å². The standard InChI is InChI=1S/C12H9FN2O3/c13-9-5-3-8(4-6-9)11(12(17)18)15-10(16)2-1-7-14-15/h1-7,11H,(H,17,18). The predicted molar refractivity (Wildman–Crippen MR) is 60.7 cm³/mol. The van der Waals surface area contributed by atoms with Crippen molar-refractivity contribution in [3.8, 4) is 0 Å². The topological polar surface area (TPSA) is 72.2 Å². The molecule has 1 unspecified atom stereocenters. The molecule has 2 aromatic rings. The van der Waals surface area contributed by atoms with Gasteiger partial charge >= 0.3 is 5.97 Å². The zero-order valence-electron chi connectivity index (χ0n) is 9.15. The van der Waals surface area contributed by atoms with Crippen LogP contribution in [0.3, 0.4) is 0 Å². The van der Waals surface area contributed by atoms with Crippen molar-refractivity contribution in [3.05, 3.63) is 64.3 Å². The molecule has 18 heavy (non-hydrogen) atoms. The molecule has 0 radical (unpaired) electrons. The highest BCUT2D eigenvalue weighted by Gasteiger charge is 2.23. The number of carboxylic acid groups (broad SMARTS) is 1. The molecular formula is C12H9FN2O3. The van der Waals surface area contributed by atoms with Crippen LogP contribution in [0.2, 0.25) is 0 Å². The second-order valence-electron chi connectivity index (χ2n) is 3.60. The summed E-state index contributed by atoms with van der Waals surface area (Å²) in [7, 11) is 0. The average molecular weight is 248 g/mol. The summed E-state index contributed by atoms with van der Waals surface area (Å²) >= 11 is 0. The van der Waals surface area contributed by atoms with Crippen molar-refractivity contribution < 1.29 is 14.3 Å². The van der Waals surface area contributed by atoms with Crippen molar-refractivity contribution in [2.24, 2.45) is 0 Å². The quantitative estimate of drug-likeness (QED) is 0.881. The van der Waals surface area contributed by atoms with E-state index in [1.165, 1.54) is 30.5 Å². The highest BCUT2D eigenvalue weighted by molar-refractivity contribution is 5.75. The van der Waals surface area contributed by atoms with E-state index in [2.05, 4.69) is 5.10 Å².